The van der Waals surface area contributed by atoms with Gasteiger partial charge < -0.3 is 19.6 Å². The van der Waals surface area contributed by atoms with Gasteiger partial charge in [0.15, 0.2) is 0 Å². The first-order valence-corrected chi connectivity index (χ1v) is 19.0. The van der Waals surface area contributed by atoms with Crippen LogP contribution in [0.5, 0.6) is 0 Å². The van der Waals surface area contributed by atoms with E-state index in [-0.39, 0.29) is 29.6 Å². The summed E-state index contributed by atoms with van der Waals surface area (Å²) >= 11 is 0. The molecule has 53 heavy (non-hydrogen) atoms. The van der Waals surface area contributed by atoms with E-state index < -0.39 is 6.04 Å². The van der Waals surface area contributed by atoms with E-state index in [0.717, 1.165) is 96.7 Å². The van der Waals surface area contributed by atoms with Gasteiger partial charge in [0, 0.05) is 54.2 Å². The Balaban J connectivity index is 0.937. The van der Waals surface area contributed by atoms with Crippen LogP contribution in [-0.2, 0) is 21.5 Å². The van der Waals surface area contributed by atoms with Gasteiger partial charge >= 0.3 is 0 Å². The largest absolute Gasteiger partial charge is 0.385 e. The Morgan fingerprint density at radius 3 is 2.40 bits per heavy atom. The summed E-state index contributed by atoms with van der Waals surface area (Å²) in [6.45, 7) is 8.26. The molecule has 3 aromatic carbocycles. The van der Waals surface area contributed by atoms with Crippen molar-refractivity contribution in [2.24, 2.45) is 11.8 Å². The number of aryl methyl sites for hydroxylation is 3. The molecule has 3 heterocycles. The molecule has 10 heteroatoms. The number of nitrogens with zero attached hydrogens (tertiary/aromatic N) is 4. The number of carbonyl (C=O) groups excluding carboxylic acids is 3. The lowest BCUT2D eigenvalue weighted by Crippen LogP contribution is -2.52. The Morgan fingerprint density at radius 2 is 1.72 bits per heavy atom. The summed E-state index contributed by atoms with van der Waals surface area (Å²) in [5.74, 6) is 1.06. The Hall–Kier alpha value is -5.43. The number of imide groups is 1. The van der Waals surface area contributed by atoms with E-state index in [4.69, 9.17) is 4.52 Å². The zero-order chi connectivity index (χ0) is 36.9. The fourth-order valence-electron chi connectivity index (χ4n) is 8.67. The van der Waals surface area contributed by atoms with E-state index in [9.17, 15) is 19.6 Å². The standard InChI is InChI=1S/C43H46N6O4/c1-26-4-9-31(40-27(2)47-53-28(40)3)21-38(26)48(35-13-10-33(11-14-35)43(25-44)18-19-43)23-30-7-5-29(6-8-30)22-45-34-12-15-36-32(20-34)24-49(42(36)52)37-16-17-39(50)46-41(37)51/h4,9-15,20-21,29-30,37,45H,5-8,16-19,22-24H2,1-3H3,(H,46,50,51). The third kappa shape index (κ3) is 6.69. The predicted molar refractivity (Wildman–Crippen MR) is 203 cm³/mol. The third-order valence-electron chi connectivity index (χ3n) is 12.0. The zero-order valence-electron chi connectivity index (χ0n) is 30.7. The van der Waals surface area contributed by atoms with Crippen molar-refractivity contribution in [3.63, 3.8) is 0 Å². The molecule has 8 rings (SSSR count). The average molecular weight is 711 g/mol. The highest BCUT2D eigenvalue weighted by atomic mass is 16.5. The van der Waals surface area contributed by atoms with Crippen LogP contribution in [0, 0.1) is 43.9 Å². The van der Waals surface area contributed by atoms with Crippen molar-refractivity contribution in [2.75, 3.05) is 23.3 Å². The number of rotatable bonds is 10. The number of carbonyl (C=O) groups is 3. The second-order valence-electron chi connectivity index (χ2n) is 15.6. The molecule has 0 bridgehead atoms. The normalized spacial score (nSPS) is 21.9. The van der Waals surface area contributed by atoms with Gasteiger partial charge in [0.05, 0.1) is 17.2 Å². The van der Waals surface area contributed by atoms with Crippen molar-refractivity contribution in [1.82, 2.24) is 15.4 Å². The molecule has 0 radical (unpaired) electrons. The summed E-state index contributed by atoms with van der Waals surface area (Å²) in [6, 6.07) is 23.1. The SMILES string of the molecule is Cc1ccc(-c2c(C)noc2C)cc1N(CC1CCC(CNc2ccc3c(c2)CN(C2CCC(=O)NC2=O)C3=O)CC1)c1ccc(C2(C#N)CC2)cc1. The number of hydrogen-bond acceptors (Lipinski definition) is 8. The van der Waals surface area contributed by atoms with Crippen molar-refractivity contribution in [3.05, 3.63) is 94.4 Å². The maximum absolute atomic E-state index is 13.1. The van der Waals surface area contributed by atoms with Gasteiger partial charge in [-0.25, -0.2) is 0 Å². The minimum Gasteiger partial charge on any atom is -0.385 e. The van der Waals surface area contributed by atoms with Crippen molar-refractivity contribution in [2.45, 2.75) is 90.1 Å². The highest BCUT2D eigenvalue weighted by Crippen LogP contribution is 2.48. The average Bonchev–Trinajstić information content (AvgIpc) is 3.81. The second kappa shape index (κ2) is 13.8. The summed E-state index contributed by atoms with van der Waals surface area (Å²) in [5, 5.41) is 20.0. The maximum atomic E-state index is 13.1. The Morgan fingerprint density at radius 1 is 0.962 bits per heavy atom. The summed E-state index contributed by atoms with van der Waals surface area (Å²) in [6.07, 6.45) is 6.97. The number of amides is 3. The van der Waals surface area contributed by atoms with Crippen LogP contribution < -0.4 is 15.5 Å². The Kier molecular flexibility index (Phi) is 9.05. The molecule has 1 atom stereocenters. The molecule has 1 aromatic heterocycles. The van der Waals surface area contributed by atoms with Gasteiger partial charge in [-0.3, -0.25) is 19.7 Å². The molecule has 10 nitrogen and oxygen atoms in total. The number of hydrogen-bond donors (Lipinski definition) is 2. The Labute approximate surface area is 310 Å². The molecule has 2 N–H and O–H groups in total. The monoisotopic (exact) mass is 710 g/mol. The summed E-state index contributed by atoms with van der Waals surface area (Å²) in [5.41, 5.74) is 9.85. The second-order valence-corrected chi connectivity index (χ2v) is 15.6. The highest BCUT2D eigenvalue weighted by molar-refractivity contribution is 6.05. The van der Waals surface area contributed by atoms with E-state index in [1.165, 1.54) is 11.3 Å². The van der Waals surface area contributed by atoms with Gasteiger partial charge in [0.1, 0.15) is 11.8 Å². The van der Waals surface area contributed by atoms with Crippen LogP contribution in [0.15, 0.2) is 65.2 Å². The molecule has 1 unspecified atom stereocenters. The highest BCUT2D eigenvalue weighted by Gasteiger charge is 2.45. The van der Waals surface area contributed by atoms with Gasteiger partial charge in [0.2, 0.25) is 11.8 Å². The van der Waals surface area contributed by atoms with Crippen LogP contribution in [-0.4, -0.2) is 46.9 Å². The molecule has 4 aromatic rings. The number of fused-ring (bicyclic) bond motifs is 1. The molecular weight excluding hydrogens is 665 g/mol. The first kappa shape index (κ1) is 34.6. The fraction of sp³-hybridized carbons (Fsp3) is 0.419. The molecule has 3 fully saturated rings. The smallest absolute Gasteiger partial charge is 0.255 e. The van der Waals surface area contributed by atoms with Crippen molar-refractivity contribution < 1.29 is 18.9 Å². The molecule has 1 saturated heterocycles. The van der Waals surface area contributed by atoms with Crippen LogP contribution in [0.1, 0.15) is 89.9 Å². The predicted octanol–water partition coefficient (Wildman–Crippen LogP) is 7.64. The number of nitriles is 1. The fourth-order valence-corrected chi connectivity index (χ4v) is 8.67. The Bertz CT molecular complexity index is 2100. The van der Waals surface area contributed by atoms with Crippen LogP contribution in [0.3, 0.4) is 0 Å². The van der Waals surface area contributed by atoms with E-state index >= 15 is 0 Å². The van der Waals surface area contributed by atoms with Gasteiger partial charge in [0.25, 0.3) is 5.91 Å². The lowest BCUT2D eigenvalue weighted by atomic mass is 9.81. The molecule has 272 valence electrons. The molecule has 4 aliphatic rings. The van der Waals surface area contributed by atoms with Gasteiger partial charge in [-0.2, -0.15) is 5.26 Å². The number of aromatic nitrogens is 1. The topological polar surface area (TPSA) is 132 Å². The van der Waals surface area contributed by atoms with Crippen LogP contribution >= 0.6 is 0 Å². The molecule has 2 aliphatic heterocycles. The quantitative estimate of drug-likeness (QED) is 0.161. The van der Waals surface area contributed by atoms with Gasteiger partial charge in [-0.1, -0.05) is 29.4 Å². The van der Waals surface area contributed by atoms with Gasteiger partial charge in [-0.05, 0) is 136 Å². The van der Waals surface area contributed by atoms with E-state index in [2.05, 4.69) is 76.1 Å². The first-order valence-electron chi connectivity index (χ1n) is 19.0. The number of benzene rings is 3. The number of piperidine rings is 1. The van der Waals surface area contributed by atoms with Crippen molar-refractivity contribution in [3.8, 4) is 17.2 Å². The lowest BCUT2D eigenvalue weighted by molar-refractivity contribution is -0.136. The van der Waals surface area contributed by atoms with E-state index in [1.54, 1.807) is 4.90 Å². The van der Waals surface area contributed by atoms with E-state index in [0.29, 0.717) is 30.4 Å². The minimum absolute atomic E-state index is 0.149. The summed E-state index contributed by atoms with van der Waals surface area (Å²) < 4.78 is 5.53. The van der Waals surface area contributed by atoms with Crippen LogP contribution in [0.25, 0.3) is 11.1 Å². The van der Waals surface area contributed by atoms with Crippen molar-refractivity contribution >= 4 is 34.8 Å². The number of anilines is 3. The van der Waals surface area contributed by atoms with Crippen LogP contribution in [0.2, 0.25) is 0 Å². The molecular formula is C43H46N6O4. The van der Waals surface area contributed by atoms with E-state index in [1.807, 2.05) is 32.0 Å². The summed E-state index contributed by atoms with van der Waals surface area (Å²) in [4.78, 5) is 41.3. The molecule has 0 spiro atoms. The zero-order valence-corrected chi connectivity index (χ0v) is 30.7. The lowest BCUT2D eigenvalue weighted by Gasteiger charge is -2.35. The molecule has 2 saturated carbocycles. The summed E-state index contributed by atoms with van der Waals surface area (Å²) in [7, 11) is 0. The molecule has 2 aliphatic carbocycles. The van der Waals surface area contributed by atoms with Gasteiger partial charge in [-0.15, -0.1) is 0 Å². The maximum Gasteiger partial charge on any atom is 0.255 e. The minimum atomic E-state index is -0.608. The number of nitrogens with one attached hydrogen (secondary N) is 2. The third-order valence-corrected chi connectivity index (χ3v) is 12.0. The van der Waals surface area contributed by atoms with Crippen LogP contribution in [0.4, 0.5) is 17.1 Å². The van der Waals surface area contributed by atoms with Crippen molar-refractivity contribution in [1.29, 1.82) is 5.26 Å². The first-order chi connectivity index (χ1) is 25.6. The molecule has 3 amide bonds.